The Morgan fingerprint density at radius 1 is 1.22 bits per heavy atom. The van der Waals surface area contributed by atoms with Gasteiger partial charge in [-0.25, -0.2) is 0 Å². The number of benzene rings is 1. The van der Waals surface area contributed by atoms with Gasteiger partial charge in [0.1, 0.15) is 6.04 Å². The molecule has 0 spiro atoms. The second-order valence-corrected chi connectivity index (χ2v) is 4.68. The van der Waals surface area contributed by atoms with Gasteiger partial charge in [-0.1, -0.05) is 6.07 Å². The summed E-state index contributed by atoms with van der Waals surface area (Å²) in [6.07, 6.45) is 0. The van der Waals surface area contributed by atoms with Crippen LogP contribution in [-0.4, -0.2) is 29.9 Å². The first-order valence-electron chi connectivity index (χ1n) is 6.62. The summed E-state index contributed by atoms with van der Waals surface area (Å²) in [6.45, 7) is 11.6. The highest BCUT2D eigenvalue weighted by molar-refractivity contribution is 5.84. The summed E-state index contributed by atoms with van der Waals surface area (Å²) in [5.74, 6) is 0.151. The SMILES string of the molecule is CCN(CC)C(=O)C(C)Nc1ccc(C)c(C)c1. The summed E-state index contributed by atoms with van der Waals surface area (Å²) >= 11 is 0. The highest BCUT2D eigenvalue weighted by Crippen LogP contribution is 2.15. The lowest BCUT2D eigenvalue weighted by Gasteiger charge is -2.24. The minimum Gasteiger partial charge on any atom is -0.374 e. The van der Waals surface area contributed by atoms with Crippen molar-refractivity contribution in [1.82, 2.24) is 4.90 Å². The van der Waals surface area contributed by atoms with Gasteiger partial charge in [0.15, 0.2) is 0 Å². The summed E-state index contributed by atoms with van der Waals surface area (Å²) in [4.78, 5) is 14.0. The normalized spacial score (nSPS) is 12.1. The molecule has 1 aromatic rings. The van der Waals surface area contributed by atoms with Crippen molar-refractivity contribution in [2.24, 2.45) is 0 Å². The maximum absolute atomic E-state index is 12.1. The predicted octanol–water partition coefficient (Wildman–Crippen LogP) is 2.97. The van der Waals surface area contributed by atoms with Gasteiger partial charge in [-0.15, -0.1) is 0 Å². The molecule has 0 aliphatic rings. The number of likely N-dealkylation sites (N-methyl/N-ethyl adjacent to an activating group) is 1. The lowest BCUT2D eigenvalue weighted by Crippen LogP contribution is -2.41. The Kier molecular flexibility index (Phi) is 5.20. The fraction of sp³-hybridized carbons (Fsp3) is 0.533. The highest BCUT2D eigenvalue weighted by atomic mass is 16.2. The number of aryl methyl sites for hydroxylation is 2. The molecule has 0 saturated carbocycles. The van der Waals surface area contributed by atoms with Crippen molar-refractivity contribution in [3.05, 3.63) is 29.3 Å². The molecule has 1 unspecified atom stereocenters. The number of hydrogen-bond acceptors (Lipinski definition) is 2. The molecular weight excluding hydrogens is 224 g/mol. The van der Waals surface area contributed by atoms with Crippen LogP contribution in [0.1, 0.15) is 31.9 Å². The van der Waals surface area contributed by atoms with E-state index in [1.54, 1.807) is 0 Å². The van der Waals surface area contributed by atoms with Gasteiger partial charge in [0, 0.05) is 18.8 Å². The van der Waals surface area contributed by atoms with Crippen LogP contribution in [0, 0.1) is 13.8 Å². The second-order valence-electron chi connectivity index (χ2n) is 4.68. The van der Waals surface area contributed by atoms with E-state index in [1.165, 1.54) is 11.1 Å². The summed E-state index contributed by atoms with van der Waals surface area (Å²) in [5, 5.41) is 3.27. The Hall–Kier alpha value is -1.51. The fourth-order valence-electron chi connectivity index (χ4n) is 1.95. The van der Waals surface area contributed by atoms with Crippen molar-refractivity contribution < 1.29 is 4.79 Å². The molecule has 1 rings (SSSR count). The van der Waals surface area contributed by atoms with E-state index in [4.69, 9.17) is 0 Å². The maximum atomic E-state index is 12.1. The van der Waals surface area contributed by atoms with Gasteiger partial charge >= 0.3 is 0 Å². The summed E-state index contributed by atoms with van der Waals surface area (Å²) in [5.41, 5.74) is 3.51. The summed E-state index contributed by atoms with van der Waals surface area (Å²) < 4.78 is 0. The molecule has 0 aromatic heterocycles. The molecule has 1 aromatic carbocycles. The number of nitrogens with one attached hydrogen (secondary N) is 1. The van der Waals surface area contributed by atoms with E-state index >= 15 is 0 Å². The molecule has 0 radical (unpaired) electrons. The smallest absolute Gasteiger partial charge is 0.244 e. The number of anilines is 1. The first-order valence-corrected chi connectivity index (χ1v) is 6.62. The van der Waals surface area contributed by atoms with Crippen LogP contribution in [0.2, 0.25) is 0 Å². The molecule has 0 heterocycles. The minimum atomic E-state index is -0.188. The lowest BCUT2D eigenvalue weighted by atomic mass is 10.1. The average Bonchev–Trinajstić information content (AvgIpc) is 2.35. The molecule has 3 nitrogen and oxygen atoms in total. The molecular formula is C15H24N2O. The third kappa shape index (κ3) is 3.49. The van der Waals surface area contributed by atoms with E-state index < -0.39 is 0 Å². The van der Waals surface area contributed by atoms with E-state index in [-0.39, 0.29) is 11.9 Å². The Labute approximate surface area is 110 Å². The number of nitrogens with zero attached hydrogens (tertiary/aromatic N) is 1. The maximum Gasteiger partial charge on any atom is 0.244 e. The van der Waals surface area contributed by atoms with Gasteiger partial charge in [0.2, 0.25) is 5.91 Å². The molecule has 1 N–H and O–H groups in total. The highest BCUT2D eigenvalue weighted by Gasteiger charge is 2.17. The van der Waals surface area contributed by atoms with E-state index in [9.17, 15) is 4.79 Å². The first kappa shape index (κ1) is 14.6. The fourth-order valence-corrected chi connectivity index (χ4v) is 1.95. The van der Waals surface area contributed by atoms with E-state index in [0.717, 1.165) is 18.8 Å². The monoisotopic (exact) mass is 248 g/mol. The van der Waals surface area contributed by atoms with Crippen molar-refractivity contribution in [2.75, 3.05) is 18.4 Å². The Balaban J connectivity index is 2.71. The van der Waals surface area contributed by atoms with E-state index in [2.05, 4.69) is 31.3 Å². The van der Waals surface area contributed by atoms with Crippen LogP contribution in [0.15, 0.2) is 18.2 Å². The van der Waals surface area contributed by atoms with Crippen LogP contribution in [0.4, 0.5) is 5.69 Å². The molecule has 3 heteroatoms. The zero-order valence-corrected chi connectivity index (χ0v) is 12.1. The molecule has 1 amide bonds. The summed E-state index contributed by atoms with van der Waals surface area (Å²) in [7, 11) is 0. The van der Waals surface area contributed by atoms with Crippen molar-refractivity contribution in [2.45, 2.75) is 40.7 Å². The van der Waals surface area contributed by atoms with Crippen LogP contribution in [0.5, 0.6) is 0 Å². The van der Waals surface area contributed by atoms with Crippen molar-refractivity contribution in [1.29, 1.82) is 0 Å². The third-order valence-corrected chi connectivity index (χ3v) is 3.34. The van der Waals surface area contributed by atoms with Crippen LogP contribution < -0.4 is 5.32 Å². The Morgan fingerprint density at radius 2 is 1.83 bits per heavy atom. The topological polar surface area (TPSA) is 32.3 Å². The third-order valence-electron chi connectivity index (χ3n) is 3.34. The van der Waals surface area contributed by atoms with Gasteiger partial charge in [0.05, 0.1) is 0 Å². The number of amides is 1. The van der Waals surface area contributed by atoms with Crippen LogP contribution in [0.3, 0.4) is 0 Å². The molecule has 0 fully saturated rings. The quantitative estimate of drug-likeness (QED) is 0.869. The lowest BCUT2D eigenvalue weighted by molar-refractivity contribution is -0.131. The largest absolute Gasteiger partial charge is 0.374 e. The van der Waals surface area contributed by atoms with Crippen LogP contribution in [0.25, 0.3) is 0 Å². The molecule has 0 aliphatic heterocycles. The zero-order valence-electron chi connectivity index (χ0n) is 12.1. The zero-order chi connectivity index (χ0) is 13.7. The Morgan fingerprint density at radius 3 is 2.33 bits per heavy atom. The standard InChI is InChI=1S/C15H24N2O/c1-6-17(7-2)15(18)13(5)16-14-9-8-11(3)12(4)10-14/h8-10,13,16H,6-7H2,1-5H3. The summed E-state index contributed by atoms with van der Waals surface area (Å²) in [6, 6.07) is 5.99. The van der Waals surface area contributed by atoms with E-state index in [1.807, 2.05) is 31.7 Å². The van der Waals surface area contributed by atoms with Crippen molar-refractivity contribution in [3.8, 4) is 0 Å². The average molecular weight is 248 g/mol. The number of rotatable bonds is 5. The van der Waals surface area contributed by atoms with Gasteiger partial charge in [-0.3, -0.25) is 4.79 Å². The van der Waals surface area contributed by atoms with Crippen LogP contribution in [-0.2, 0) is 4.79 Å². The van der Waals surface area contributed by atoms with Crippen molar-refractivity contribution in [3.63, 3.8) is 0 Å². The van der Waals surface area contributed by atoms with Gasteiger partial charge < -0.3 is 10.2 Å². The van der Waals surface area contributed by atoms with E-state index in [0.29, 0.717) is 0 Å². The van der Waals surface area contributed by atoms with Crippen LogP contribution >= 0.6 is 0 Å². The minimum absolute atomic E-state index is 0.151. The number of carbonyl (C=O) groups excluding carboxylic acids is 1. The molecule has 0 bridgehead atoms. The molecule has 100 valence electrons. The number of hydrogen-bond donors (Lipinski definition) is 1. The molecule has 1 atom stereocenters. The predicted molar refractivity (Wildman–Crippen MR) is 76.9 cm³/mol. The van der Waals surface area contributed by atoms with Gasteiger partial charge in [0.25, 0.3) is 0 Å². The van der Waals surface area contributed by atoms with Gasteiger partial charge in [-0.2, -0.15) is 0 Å². The molecule has 18 heavy (non-hydrogen) atoms. The first-order chi connectivity index (χ1) is 8.49. The number of carbonyl (C=O) groups is 1. The Bertz CT molecular complexity index is 411. The molecule has 0 saturated heterocycles. The van der Waals surface area contributed by atoms with Gasteiger partial charge in [-0.05, 0) is 57.9 Å². The van der Waals surface area contributed by atoms with Crippen molar-refractivity contribution >= 4 is 11.6 Å². The second kappa shape index (κ2) is 6.43. The molecule has 0 aliphatic carbocycles.